The van der Waals surface area contributed by atoms with Gasteiger partial charge in [-0.25, -0.2) is 9.13 Å². The lowest BCUT2D eigenvalue weighted by atomic mass is 10.0. The van der Waals surface area contributed by atoms with Crippen LogP contribution >= 0.6 is 15.6 Å². The SMILES string of the molecule is CCCCCCCC/C=C\CCCCCCCC(=O)OCC(O)COP(=O)(O)OCC(O)COP(=O)(O)OCC(COC(=O)CCCCCCC/C=C\CCCCCCCC)OC(=O)CCCCCCCCCCCCCCCCC. The molecule has 0 aliphatic heterocycles. The molecule has 0 aromatic carbocycles. The smallest absolute Gasteiger partial charge is 0.463 e. The predicted molar refractivity (Wildman–Crippen MR) is 326 cm³/mol. The first kappa shape index (κ1) is 79.0. The highest BCUT2D eigenvalue weighted by atomic mass is 31.2. The molecule has 0 amide bonds. The second-order valence-electron chi connectivity index (χ2n) is 22.3. The van der Waals surface area contributed by atoms with Gasteiger partial charge in [-0.05, 0) is 70.6 Å². The maximum atomic E-state index is 12.9. The number of aliphatic hydroxyl groups excluding tert-OH is 2. The second-order valence-corrected chi connectivity index (χ2v) is 25.2. The van der Waals surface area contributed by atoms with Crippen molar-refractivity contribution in [2.75, 3.05) is 39.6 Å². The summed E-state index contributed by atoms with van der Waals surface area (Å²) in [6.45, 7) is 2.68. The van der Waals surface area contributed by atoms with Crippen LogP contribution in [-0.2, 0) is 55.8 Å². The fraction of sp³-hybridized carbons (Fsp3) is 0.889. The van der Waals surface area contributed by atoms with E-state index < -0.39 is 91.5 Å². The number of aliphatic hydroxyl groups is 2. The highest BCUT2D eigenvalue weighted by Crippen LogP contribution is 2.45. The molecule has 4 N–H and O–H groups in total. The van der Waals surface area contributed by atoms with Gasteiger partial charge in [0.15, 0.2) is 6.10 Å². The van der Waals surface area contributed by atoms with Gasteiger partial charge in [-0.1, -0.05) is 238 Å². The largest absolute Gasteiger partial charge is 0.472 e. The summed E-state index contributed by atoms with van der Waals surface area (Å²) in [6, 6.07) is 0. The van der Waals surface area contributed by atoms with Crippen molar-refractivity contribution in [3.05, 3.63) is 24.3 Å². The standard InChI is InChI=1S/C63H120O16P2/c1-4-7-10-13-16-19-22-25-28-31-34-37-40-43-46-49-61(66)73-52-58(64)53-75-80(69,70)76-54-59(65)55-77-81(71,72)78-57-60(79-63(68)51-48-45-42-39-36-33-30-27-24-21-18-15-12-9-6-3)56-74-62(67)50-47-44-41-38-35-32-29-26-23-20-17-14-11-8-5-2/h25-26,28-29,58-60,64-65H,4-24,27,30-57H2,1-3H3,(H,69,70)(H,71,72)/b28-25-,29-26-. The first-order chi connectivity index (χ1) is 39.2. The molecule has 0 radical (unpaired) electrons. The Labute approximate surface area is 493 Å². The Morgan fingerprint density at radius 1 is 0.333 bits per heavy atom. The third-order valence-corrected chi connectivity index (χ3v) is 16.1. The molecule has 0 spiro atoms. The quantitative estimate of drug-likeness (QED) is 0.0146. The number of rotatable bonds is 63. The fourth-order valence-electron chi connectivity index (χ4n) is 9.09. The van der Waals surface area contributed by atoms with E-state index in [1.807, 2.05) is 0 Å². The van der Waals surface area contributed by atoms with Crippen molar-refractivity contribution in [1.82, 2.24) is 0 Å². The molecule has 5 unspecified atom stereocenters. The maximum Gasteiger partial charge on any atom is 0.472 e. The van der Waals surface area contributed by atoms with Gasteiger partial charge in [0.2, 0.25) is 0 Å². The maximum absolute atomic E-state index is 12.9. The summed E-state index contributed by atoms with van der Waals surface area (Å²) in [6.07, 6.45) is 52.3. The molecule has 0 aromatic rings. The minimum Gasteiger partial charge on any atom is -0.463 e. The number of allylic oxidation sites excluding steroid dienone is 4. The van der Waals surface area contributed by atoms with Gasteiger partial charge >= 0.3 is 33.6 Å². The van der Waals surface area contributed by atoms with Gasteiger partial charge in [-0.15, -0.1) is 0 Å². The van der Waals surface area contributed by atoms with E-state index in [4.69, 9.17) is 32.3 Å². The Bertz CT molecular complexity index is 1600. The summed E-state index contributed by atoms with van der Waals surface area (Å²) in [5.74, 6) is -1.57. The average Bonchev–Trinajstić information content (AvgIpc) is 3.45. The van der Waals surface area contributed by atoms with E-state index in [1.54, 1.807) is 0 Å². The molecule has 18 heteroatoms. The average molecular weight is 1200 g/mol. The second kappa shape index (κ2) is 58.4. The van der Waals surface area contributed by atoms with Crippen LogP contribution in [0.15, 0.2) is 24.3 Å². The summed E-state index contributed by atoms with van der Waals surface area (Å²) in [5, 5.41) is 20.5. The first-order valence-corrected chi connectivity index (χ1v) is 35.6. The molecule has 0 aliphatic carbocycles. The van der Waals surface area contributed by atoms with Crippen LogP contribution in [0.3, 0.4) is 0 Å². The van der Waals surface area contributed by atoms with Crippen molar-refractivity contribution in [3.63, 3.8) is 0 Å². The van der Waals surface area contributed by atoms with Gasteiger partial charge in [0.05, 0.1) is 26.4 Å². The number of esters is 3. The highest BCUT2D eigenvalue weighted by Gasteiger charge is 2.29. The predicted octanol–water partition coefficient (Wildman–Crippen LogP) is 17.3. The van der Waals surface area contributed by atoms with Crippen molar-refractivity contribution in [3.8, 4) is 0 Å². The molecule has 0 heterocycles. The van der Waals surface area contributed by atoms with Gasteiger partial charge in [0, 0.05) is 19.3 Å². The molecule has 5 atom stereocenters. The lowest BCUT2D eigenvalue weighted by Gasteiger charge is -2.21. The zero-order chi connectivity index (χ0) is 59.6. The number of carbonyl (C=O) groups excluding carboxylic acids is 3. The molecule has 0 saturated heterocycles. The molecular formula is C63H120O16P2. The van der Waals surface area contributed by atoms with Gasteiger partial charge in [-0.3, -0.25) is 32.5 Å². The Morgan fingerprint density at radius 2 is 0.580 bits per heavy atom. The highest BCUT2D eigenvalue weighted by molar-refractivity contribution is 7.47. The number of hydrogen-bond acceptors (Lipinski definition) is 14. The van der Waals surface area contributed by atoms with Crippen molar-refractivity contribution in [1.29, 1.82) is 0 Å². The van der Waals surface area contributed by atoms with Crippen LogP contribution in [0.25, 0.3) is 0 Å². The van der Waals surface area contributed by atoms with Gasteiger partial charge in [0.25, 0.3) is 0 Å². The minimum atomic E-state index is -4.91. The Morgan fingerprint density at radius 3 is 0.901 bits per heavy atom. The van der Waals surface area contributed by atoms with Crippen LogP contribution in [0.5, 0.6) is 0 Å². The van der Waals surface area contributed by atoms with Crippen LogP contribution in [0.1, 0.15) is 303 Å². The summed E-state index contributed by atoms with van der Waals surface area (Å²) in [4.78, 5) is 58.2. The molecule has 0 fully saturated rings. The first-order valence-electron chi connectivity index (χ1n) is 32.6. The van der Waals surface area contributed by atoms with Gasteiger partial charge in [-0.2, -0.15) is 0 Å². The van der Waals surface area contributed by atoms with Crippen LogP contribution < -0.4 is 0 Å². The zero-order valence-electron chi connectivity index (χ0n) is 51.5. The third-order valence-electron chi connectivity index (χ3n) is 14.1. The van der Waals surface area contributed by atoms with Crippen molar-refractivity contribution < 1.29 is 75.8 Å². The van der Waals surface area contributed by atoms with Gasteiger partial charge < -0.3 is 34.2 Å². The van der Waals surface area contributed by atoms with E-state index in [1.165, 1.54) is 141 Å². The molecule has 0 aliphatic rings. The molecular weight excluding hydrogens is 1070 g/mol. The van der Waals surface area contributed by atoms with Crippen molar-refractivity contribution >= 4 is 33.6 Å². The summed E-state index contributed by atoms with van der Waals surface area (Å²) < 4.78 is 60.8. The number of phosphoric acid groups is 2. The number of phosphoric ester groups is 2. The van der Waals surface area contributed by atoms with E-state index in [0.29, 0.717) is 19.3 Å². The fourth-order valence-corrected chi connectivity index (χ4v) is 10.7. The number of unbranched alkanes of at least 4 members (excludes halogenated alkanes) is 36. The van der Waals surface area contributed by atoms with Gasteiger partial charge in [0.1, 0.15) is 25.4 Å². The van der Waals surface area contributed by atoms with Crippen molar-refractivity contribution in [2.45, 2.75) is 322 Å². The summed E-state index contributed by atoms with van der Waals surface area (Å²) in [7, 11) is -9.75. The molecule has 81 heavy (non-hydrogen) atoms. The summed E-state index contributed by atoms with van der Waals surface area (Å²) >= 11 is 0. The van der Waals surface area contributed by atoms with Crippen LogP contribution in [0.2, 0.25) is 0 Å². The lowest BCUT2D eigenvalue weighted by molar-refractivity contribution is -0.161. The minimum absolute atomic E-state index is 0.111. The monoisotopic (exact) mass is 1190 g/mol. The topological polar surface area (TPSA) is 231 Å². The van der Waals surface area contributed by atoms with Crippen molar-refractivity contribution in [2.24, 2.45) is 0 Å². The number of ether oxygens (including phenoxy) is 3. The van der Waals surface area contributed by atoms with Crippen LogP contribution in [0, 0.1) is 0 Å². The molecule has 0 rings (SSSR count). The zero-order valence-corrected chi connectivity index (χ0v) is 53.3. The lowest BCUT2D eigenvalue weighted by Crippen LogP contribution is -2.30. The molecule has 0 saturated carbocycles. The number of hydrogen-bond donors (Lipinski definition) is 4. The number of carbonyl (C=O) groups is 3. The molecule has 478 valence electrons. The Balaban J connectivity index is 4.68. The van der Waals surface area contributed by atoms with Crippen LogP contribution in [-0.4, -0.2) is 95.9 Å². The van der Waals surface area contributed by atoms with E-state index in [0.717, 1.165) is 103 Å². The van der Waals surface area contributed by atoms with E-state index in [-0.39, 0.29) is 19.3 Å². The van der Waals surface area contributed by atoms with E-state index in [9.17, 15) is 43.5 Å². The summed E-state index contributed by atoms with van der Waals surface area (Å²) in [5.41, 5.74) is 0. The third kappa shape index (κ3) is 59.6. The van der Waals surface area contributed by atoms with Crippen LogP contribution in [0.4, 0.5) is 0 Å². The van der Waals surface area contributed by atoms with E-state index in [2.05, 4.69) is 45.1 Å². The normalized spacial score (nSPS) is 14.5. The Hall–Kier alpha value is -1.97. The van der Waals surface area contributed by atoms with E-state index >= 15 is 0 Å². The molecule has 16 nitrogen and oxygen atoms in total. The molecule has 0 bridgehead atoms. The Kier molecular flexibility index (Phi) is 57.0. The molecule has 0 aromatic heterocycles.